The summed E-state index contributed by atoms with van der Waals surface area (Å²) in [6, 6.07) is -1.08. The van der Waals surface area contributed by atoms with E-state index in [1.165, 1.54) is 19.1 Å². The highest BCUT2D eigenvalue weighted by Gasteiger charge is 2.45. The lowest BCUT2D eigenvalue weighted by atomic mass is 9.95. The van der Waals surface area contributed by atoms with E-state index in [1.807, 2.05) is 0 Å². The first-order valence-electron chi connectivity index (χ1n) is 9.47. The monoisotopic (exact) mass is 413 g/mol. The Morgan fingerprint density at radius 3 is 2.31 bits per heavy atom. The second kappa shape index (κ2) is 10.4. The number of hydrogen-bond acceptors (Lipinski definition) is 8. The number of nitrogens with one attached hydrogen (secondary N) is 2. The van der Waals surface area contributed by atoms with Crippen molar-refractivity contribution < 1.29 is 39.2 Å². The lowest BCUT2D eigenvalue weighted by Gasteiger charge is -2.42. The van der Waals surface area contributed by atoms with Crippen LogP contribution in [0.1, 0.15) is 32.6 Å². The lowest BCUT2D eigenvalue weighted by Crippen LogP contribution is -2.68. The van der Waals surface area contributed by atoms with E-state index in [-0.39, 0.29) is 24.8 Å². The first-order valence-corrected chi connectivity index (χ1v) is 9.47. The third-order valence-corrected chi connectivity index (χ3v) is 4.79. The molecular formula is C18H27N3O8. The van der Waals surface area contributed by atoms with Gasteiger partial charge in [-0.15, -0.1) is 0 Å². The maximum absolute atomic E-state index is 12.2. The molecule has 11 nitrogen and oxygen atoms in total. The molecule has 5 atom stereocenters. The summed E-state index contributed by atoms with van der Waals surface area (Å²) in [6.45, 7) is 0.937. The van der Waals surface area contributed by atoms with Gasteiger partial charge >= 0.3 is 0 Å². The maximum atomic E-state index is 12.2. The maximum Gasteiger partial charge on any atom is 0.253 e. The fourth-order valence-corrected chi connectivity index (χ4v) is 3.25. The van der Waals surface area contributed by atoms with Crippen molar-refractivity contribution in [3.8, 4) is 0 Å². The van der Waals surface area contributed by atoms with Crippen LogP contribution in [0.2, 0.25) is 0 Å². The lowest BCUT2D eigenvalue weighted by molar-refractivity contribution is -0.203. The molecule has 0 spiro atoms. The van der Waals surface area contributed by atoms with Crippen LogP contribution in [-0.4, -0.2) is 87.6 Å². The standard InChI is InChI=1S/C18H27N3O8/c1-10(23)19-15-17(28)16(27)11(9-22)29-18(15)20-12(24)5-3-2-4-8-21-13(25)6-7-14(21)26/h6-7,11,15-18,22,27-28H,2-5,8-9H2,1H3,(H,19,23)(H,20,24)/t11-,15-,16-,17-,18-/m1/s1. The summed E-state index contributed by atoms with van der Waals surface area (Å²) in [5.41, 5.74) is 0. The van der Waals surface area contributed by atoms with Gasteiger partial charge in [-0.2, -0.15) is 0 Å². The van der Waals surface area contributed by atoms with E-state index in [0.717, 1.165) is 4.90 Å². The summed E-state index contributed by atoms with van der Waals surface area (Å²) in [6.07, 6.45) is -0.875. The highest BCUT2D eigenvalue weighted by atomic mass is 16.5. The summed E-state index contributed by atoms with van der Waals surface area (Å²) >= 11 is 0. The molecule has 0 bridgehead atoms. The van der Waals surface area contributed by atoms with Gasteiger partial charge in [0.05, 0.1) is 6.61 Å². The number of ether oxygens (including phenoxy) is 1. The van der Waals surface area contributed by atoms with Gasteiger partial charge in [0.1, 0.15) is 24.4 Å². The minimum absolute atomic E-state index is 0.120. The molecule has 0 saturated carbocycles. The van der Waals surface area contributed by atoms with Crippen LogP contribution in [-0.2, 0) is 23.9 Å². The molecule has 4 amide bonds. The predicted octanol–water partition coefficient (Wildman–Crippen LogP) is -2.47. The first-order chi connectivity index (χ1) is 13.7. The molecule has 0 unspecified atom stereocenters. The van der Waals surface area contributed by atoms with Crippen LogP contribution < -0.4 is 10.6 Å². The van der Waals surface area contributed by atoms with Crippen LogP contribution in [0.3, 0.4) is 0 Å². The van der Waals surface area contributed by atoms with Gasteiger partial charge in [0.15, 0.2) is 6.23 Å². The van der Waals surface area contributed by atoms with Crippen molar-refractivity contribution in [2.45, 2.75) is 63.2 Å². The van der Waals surface area contributed by atoms with Crippen molar-refractivity contribution in [3.05, 3.63) is 12.2 Å². The van der Waals surface area contributed by atoms with Crippen LogP contribution in [0, 0.1) is 0 Å². The number of carbonyl (C=O) groups is 4. The molecule has 5 N–H and O–H groups in total. The fraction of sp³-hybridized carbons (Fsp3) is 0.667. The summed E-state index contributed by atoms with van der Waals surface area (Å²) in [4.78, 5) is 47.6. The number of rotatable bonds is 9. The molecule has 2 rings (SSSR count). The number of carbonyl (C=O) groups excluding carboxylic acids is 4. The molecule has 2 aliphatic heterocycles. The van der Waals surface area contributed by atoms with E-state index in [9.17, 15) is 34.5 Å². The van der Waals surface area contributed by atoms with Gasteiger partial charge in [-0.25, -0.2) is 0 Å². The molecule has 162 valence electrons. The Hall–Kier alpha value is -2.34. The molecule has 2 heterocycles. The second-order valence-corrected chi connectivity index (χ2v) is 7.02. The summed E-state index contributed by atoms with van der Waals surface area (Å²) in [5.74, 6) is -1.57. The molecule has 0 aromatic rings. The highest BCUT2D eigenvalue weighted by molar-refractivity contribution is 6.12. The molecule has 11 heteroatoms. The summed E-state index contributed by atoms with van der Waals surface area (Å²) < 4.78 is 5.43. The minimum Gasteiger partial charge on any atom is -0.394 e. The average Bonchev–Trinajstić information content (AvgIpc) is 2.98. The number of imide groups is 1. The molecule has 1 fully saturated rings. The van der Waals surface area contributed by atoms with Gasteiger partial charge in [-0.3, -0.25) is 24.1 Å². The van der Waals surface area contributed by atoms with Crippen molar-refractivity contribution in [3.63, 3.8) is 0 Å². The molecule has 0 aromatic carbocycles. The van der Waals surface area contributed by atoms with E-state index >= 15 is 0 Å². The summed E-state index contributed by atoms with van der Waals surface area (Å²) in [5, 5.41) is 34.4. The molecular weight excluding hydrogens is 386 g/mol. The third kappa shape index (κ3) is 6.07. The van der Waals surface area contributed by atoms with E-state index < -0.39 is 49.0 Å². The van der Waals surface area contributed by atoms with E-state index in [0.29, 0.717) is 19.3 Å². The van der Waals surface area contributed by atoms with Gasteiger partial charge in [-0.05, 0) is 12.8 Å². The average molecular weight is 413 g/mol. The Morgan fingerprint density at radius 1 is 1.07 bits per heavy atom. The SMILES string of the molecule is CC(=O)N[C@@H]1[C@@H](O)[C@H](O)[C@@H](CO)O[C@H]1NC(=O)CCCCCN1C(=O)C=CC1=O. The molecule has 0 radical (unpaired) electrons. The number of unbranched alkanes of at least 4 members (excludes halogenated alkanes) is 2. The van der Waals surface area contributed by atoms with Crippen LogP contribution in [0.15, 0.2) is 12.2 Å². The van der Waals surface area contributed by atoms with E-state index in [4.69, 9.17) is 4.74 Å². The topological polar surface area (TPSA) is 166 Å². The Labute approximate surface area is 167 Å². The first kappa shape index (κ1) is 22.9. The minimum atomic E-state index is -1.43. The zero-order valence-electron chi connectivity index (χ0n) is 16.1. The largest absolute Gasteiger partial charge is 0.394 e. The number of amides is 4. The Bertz CT molecular complexity index is 649. The smallest absolute Gasteiger partial charge is 0.253 e. The highest BCUT2D eigenvalue weighted by Crippen LogP contribution is 2.20. The van der Waals surface area contributed by atoms with Gasteiger partial charge in [0, 0.05) is 32.0 Å². The van der Waals surface area contributed by atoms with Crippen molar-refractivity contribution in [2.24, 2.45) is 0 Å². The molecule has 0 aliphatic carbocycles. The van der Waals surface area contributed by atoms with Crippen molar-refractivity contribution in [1.29, 1.82) is 0 Å². The molecule has 1 saturated heterocycles. The van der Waals surface area contributed by atoms with Crippen LogP contribution >= 0.6 is 0 Å². The number of aliphatic hydroxyl groups is 3. The van der Waals surface area contributed by atoms with Gasteiger partial charge in [0.2, 0.25) is 11.8 Å². The van der Waals surface area contributed by atoms with Crippen molar-refractivity contribution in [1.82, 2.24) is 15.5 Å². The molecule has 2 aliphatic rings. The quantitative estimate of drug-likeness (QED) is 0.205. The Balaban J connectivity index is 1.78. The van der Waals surface area contributed by atoms with Gasteiger partial charge in [-0.1, -0.05) is 6.42 Å². The molecule has 29 heavy (non-hydrogen) atoms. The Morgan fingerprint density at radius 2 is 1.72 bits per heavy atom. The second-order valence-electron chi connectivity index (χ2n) is 7.02. The van der Waals surface area contributed by atoms with Crippen LogP contribution in [0.4, 0.5) is 0 Å². The number of aliphatic hydroxyl groups excluding tert-OH is 3. The van der Waals surface area contributed by atoms with Crippen LogP contribution in [0.5, 0.6) is 0 Å². The predicted molar refractivity (Wildman–Crippen MR) is 97.8 cm³/mol. The van der Waals surface area contributed by atoms with Gasteiger partial charge < -0.3 is 30.7 Å². The molecule has 0 aromatic heterocycles. The van der Waals surface area contributed by atoms with E-state index in [1.54, 1.807) is 0 Å². The van der Waals surface area contributed by atoms with Crippen LogP contribution in [0.25, 0.3) is 0 Å². The van der Waals surface area contributed by atoms with Gasteiger partial charge in [0.25, 0.3) is 11.8 Å². The normalized spacial score (nSPS) is 29.2. The Kier molecular flexibility index (Phi) is 8.26. The zero-order valence-corrected chi connectivity index (χ0v) is 16.1. The van der Waals surface area contributed by atoms with E-state index in [2.05, 4.69) is 10.6 Å². The van der Waals surface area contributed by atoms with Crippen molar-refractivity contribution in [2.75, 3.05) is 13.2 Å². The number of nitrogens with zero attached hydrogens (tertiary/aromatic N) is 1. The zero-order chi connectivity index (χ0) is 21.6. The van der Waals surface area contributed by atoms with Crippen molar-refractivity contribution >= 4 is 23.6 Å². The number of hydrogen-bond donors (Lipinski definition) is 5. The summed E-state index contributed by atoms with van der Waals surface area (Å²) in [7, 11) is 0. The fourth-order valence-electron chi connectivity index (χ4n) is 3.25. The third-order valence-electron chi connectivity index (χ3n) is 4.79.